The number of esters is 1. The number of hydrogen-bond donors (Lipinski definition) is 2. The van der Waals surface area contributed by atoms with E-state index in [0.29, 0.717) is 12.2 Å². The van der Waals surface area contributed by atoms with Crippen molar-refractivity contribution in [1.82, 2.24) is 5.32 Å². The Bertz CT molecular complexity index is 916. The lowest BCUT2D eigenvalue weighted by molar-refractivity contribution is -0.139. The van der Waals surface area contributed by atoms with Crippen molar-refractivity contribution in [3.05, 3.63) is 75.0 Å². The standard InChI is InChI=1S/C23H27IN2O4.2H2/c1-16(12-21(27)29-15-17-8-6-5-7-9-17)26-20-11-10-18(13-19(20)24)14-25-22(28)30-23(2,3)4;;/h5-13,26H,14-15H2,1-4H3,(H,25,28);2*1H/b16-12+;;. The number of alkyl carbamates (subject to hydrolysis) is 1. The SMILES string of the molecule is C/C(=C\C(=O)OCc1ccccc1)Nc1ccc(CNC(=O)OC(C)(C)C)cc1I.[HH].[HH]. The van der Waals surface area contributed by atoms with Gasteiger partial charge in [0.2, 0.25) is 0 Å². The lowest BCUT2D eigenvalue weighted by atomic mass is 10.2. The van der Waals surface area contributed by atoms with E-state index in [4.69, 9.17) is 9.47 Å². The fourth-order valence-corrected chi connectivity index (χ4v) is 3.17. The molecule has 2 rings (SSSR count). The first-order valence-corrected chi connectivity index (χ1v) is 10.6. The molecule has 164 valence electrons. The van der Waals surface area contributed by atoms with Gasteiger partial charge in [0.1, 0.15) is 12.2 Å². The molecule has 0 saturated heterocycles. The van der Waals surface area contributed by atoms with Crippen LogP contribution in [0.5, 0.6) is 0 Å². The summed E-state index contributed by atoms with van der Waals surface area (Å²) in [6.45, 7) is 7.87. The van der Waals surface area contributed by atoms with Gasteiger partial charge in [-0.2, -0.15) is 0 Å². The number of halogens is 1. The Morgan fingerprint density at radius 2 is 1.80 bits per heavy atom. The molecule has 0 atom stereocenters. The van der Waals surface area contributed by atoms with Crippen LogP contribution in [0.2, 0.25) is 0 Å². The van der Waals surface area contributed by atoms with E-state index in [1.54, 1.807) is 6.92 Å². The van der Waals surface area contributed by atoms with E-state index >= 15 is 0 Å². The lowest BCUT2D eigenvalue weighted by Gasteiger charge is -2.19. The minimum absolute atomic E-state index is 0. The van der Waals surface area contributed by atoms with Crippen molar-refractivity contribution in [3.63, 3.8) is 0 Å². The minimum Gasteiger partial charge on any atom is -0.458 e. The van der Waals surface area contributed by atoms with Crippen LogP contribution in [-0.4, -0.2) is 17.7 Å². The summed E-state index contributed by atoms with van der Waals surface area (Å²) in [4.78, 5) is 23.8. The summed E-state index contributed by atoms with van der Waals surface area (Å²) < 4.78 is 11.5. The number of nitrogens with one attached hydrogen (secondary N) is 2. The number of carbonyl (C=O) groups is 2. The third-order valence-corrected chi connectivity index (χ3v) is 4.65. The van der Waals surface area contributed by atoms with Gasteiger partial charge in [0.05, 0.1) is 5.69 Å². The number of anilines is 1. The van der Waals surface area contributed by atoms with Gasteiger partial charge in [-0.15, -0.1) is 0 Å². The molecular formula is C23H31IN2O4. The maximum absolute atomic E-state index is 12.0. The van der Waals surface area contributed by atoms with Crippen LogP contribution in [0.3, 0.4) is 0 Å². The van der Waals surface area contributed by atoms with Gasteiger partial charge in [0.15, 0.2) is 0 Å². The van der Waals surface area contributed by atoms with Crippen LogP contribution in [0.4, 0.5) is 10.5 Å². The van der Waals surface area contributed by atoms with Crippen LogP contribution in [0.1, 0.15) is 41.7 Å². The van der Waals surface area contributed by atoms with E-state index in [0.717, 1.165) is 20.4 Å². The van der Waals surface area contributed by atoms with Crippen molar-refractivity contribution in [2.75, 3.05) is 5.32 Å². The molecular weight excluding hydrogens is 495 g/mol. The molecule has 2 N–H and O–H groups in total. The molecule has 0 unspecified atom stereocenters. The Hall–Kier alpha value is -2.55. The highest BCUT2D eigenvalue weighted by Gasteiger charge is 2.15. The van der Waals surface area contributed by atoms with Crippen molar-refractivity contribution < 1.29 is 21.9 Å². The Labute approximate surface area is 194 Å². The van der Waals surface area contributed by atoms with Crippen molar-refractivity contribution in [3.8, 4) is 0 Å². The highest BCUT2D eigenvalue weighted by atomic mass is 127. The van der Waals surface area contributed by atoms with Gasteiger partial charge in [-0.3, -0.25) is 0 Å². The Morgan fingerprint density at radius 3 is 2.43 bits per heavy atom. The molecule has 0 aliphatic carbocycles. The molecule has 0 spiro atoms. The number of rotatable bonds is 7. The molecule has 6 nitrogen and oxygen atoms in total. The molecule has 30 heavy (non-hydrogen) atoms. The van der Waals surface area contributed by atoms with E-state index in [-0.39, 0.29) is 9.46 Å². The van der Waals surface area contributed by atoms with Crippen molar-refractivity contribution >= 4 is 40.3 Å². The predicted molar refractivity (Wildman–Crippen MR) is 130 cm³/mol. The molecule has 2 aromatic carbocycles. The molecule has 0 aliphatic heterocycles. The zero-order valence-corrected chi connectivity index (χ0v) is 19.8. The first-order chi connectivity index (χ1) is 14.1. The van der Waals surface area contributed by atoms with Gasteiger partial charge in [0.25, 0.3) is 0 Å². The first kappa shape index (κ1) is 23.7. The first-order valence-electron chi connectivity index (χ1n) is 9.54. The zero-order chi connectivity index (χ0) is 22.1. The summed E-state index contributed by atoms with van der Waals surface area (Å²) in [6.07, 6.45) is 0.976. The molecule has 0 fully saturated rings. The highest BCUT2D eigenvalue weighted by molar-refractivity contribution is 14.1. The maximum Gasteiger partial charge on any atom is 0.407 e. The predicted octanol–water partition coefficient (Wildman–Crippen LogP) is 5.87. The Balaban J connectivity index is 0.00000480. The molecule has 0 radical (unpaired) electrons. The number of benzene rings is 2. The number of carbonyl (C=O) groups excluding carboxylic acids is 2. The second-order valence-electron chi connectivity index (χ2n) is 7.72. The molecule has 0 heterocycles. The number of hydrogen-bond acceptors (Lipinski definition) is 5. The minimum atomic E-state index is -0.529. The van der Waals surface area contributed by atoms with E-state index in [2.05, 4.69) is 33.2 Å². The van der Waals surface area contributed by atoms with E-state index in [1.807, 2.05) is 69.3 Å². The van der Waals surface area contributed by atoms with Gasteiger partial charge in [-0.25, -0.2) is 9.59 Å². The normalized spacial score (nSPS) is 11.6. The average molecular weight is 526 g/mol. The molecule has 2 aromatic rings. The smallest absolute Gasteiger partial charge is 0.407 e. The number of amides is 1. The summed E-state index contributed by atoms with van der Waals surface area (Å²) in [6, 6.07) is 15.3. The Kier molecular flexibility index (Phi) is 8.71. The summed E-state index contributed by atoms with van der Waals surface area (Å²) in [5.41, 5.74) is 2.89. The van der Waals surface area contributed by atoms with Crippen LogP contribution in [0, 0.1) is 3.57 Å². The topological polar surface area (TPSA) is 76.7 Å². The van der Waals surface area contributed by atoms with Crippen LogP contribution >= 0.6 is 22.6 Å². The van der Waals surface area contributed by atoms with Gasteiger partial charge >= 0.3 is 12.1 Å². The molecule has 0 aliphatic rings. The third kappa shape index (κ3) is 8.86. The molecule has 1 amide bonds. The van der Waals surface area contributed by atoms with Crippen LogP contribution in [0.15, 0.2) is 60.3 Å². The maximum atomic E-state index is 12.0. The molecule has 0 aromatic heterocycles. The van der Waals surface area contributed by atoms with Crippen LogP contribution in [0.25, 0.3) is 0 Å². The van der Waals surface area contributed by atoms with Gasteiger partial charge < -0.3 is 20.1 Å². The fourth-order valence-electron chi connectivity index (χ4n) is 2.45. The van der Waals surface area contributed by atoms with Crippen molar-refractivity contribution in [1.29, 1.82) is 0 Å². The summed E-state index contributed by atoms with van der Waals surface area (Å²) >= 11 is 2.21. The van der Waals surface area contributed by atoms with E-state index in [9.17, 15) is 9.59 Å². The van der Waals surface area contributed by atoms with Crippen LogP contribution < -0.4 is 10.6 Å². The van der Waals surface area contributed by atoms with Crippen molar-refractivity contribution in [2.45, 2.75) is 46.4 Å². The van der Waals surface area contributed by atoms with Gasteiger partial charge in [-0.05, 0) is 73.5 Å². The van der Waals surface area contributed by atoms with Crippen LogP contribution in [-0.2, 0) is 27.4 Å². The van der Waals surface area contributed by atoms with Crippen molar-refractivity contribution in [2.24, 2.45) is 0 Å². The van der Waals surface area contributed by atoms with Gasteiger partial charge in [0, 0.05) is 24.7 Å². The summed E-state index contributed by atoms with van der Waals surface area (Å²) in [7, 11) is 0. The largest absolute Gasteiger partial charge is 0.458 e. The number of allylic oxidation sites excluding steroid dienone is 1. The number of ether oxygens (including phenoxy) is 2. The quantitative estimate of drug-likeness (QED) is 0.268. The monoisotopic (exact) mass is 526 g/mol. The van der Waals surface area contributed by atoms with E-state index < -0.39 is 17.7 Å². The zero-order valence-electron chi connectivity index (χ0n) is 17.6. The second kappa shape index (κ2) is 11.0. The molecule has 7 heteroatoms. The van der Waals surface area contributed by atoms with E-state index in [1.165, 1.54) is 6.08 Å². The Morgan fingerprint density at radius 1 is 1.10 bits per heavy atom. The fraction of sp³-hybridized carbons (Fsp3) is 0.304. The highest BCUT2D eigenvalue weighted by Crippen LogP contribution is 2.21. The molecule has 0 saturated carbocycles. The molecule has 0 bridgehead atoms. The summed E-state index contributed by atoms with van der Waals surface area (Å²) in [5.74, 6) is -0.406. The average Bonchev–Trinajstić information content (AvgIpc) is 2.66. The second-order valence-corrected chi connectivity index (χ2v) is 8.88. The lowest BCUT2D eigenvalue weighted by Crippen LogP contribution is -2.32. The van der Waals surface area contributed by atoms with Gasteiger partial charge in [-0.1, -0.05) is 36.4 Å². The summed E-state index contributed by atoms with van der Waals surface area (Å²) in [5, 5.41) is 5.94. The third-order valence-electron chi connectivity index (χ3n) is 3.76.